The minimum Gasteiger partial charge on any atom is -0.472 e. The van der Waals surface area contributed by atoms with E-state index >= 15 is 0 Å². The van der Waals surface area contributed by atoms with Gasteiger partial charge < -0.3 is 15.1 Å². The van der Waals surface area contributed by atoms with Crippen molar-refractivity contribution in [3.8, 4) is 0 Å². The lowest BCUT2D eigenvalue weighted by Crippen LogP contribution is -2.61. The first-order chi connectivity index (χ1) is 7.78. The Bertz CT molecular complexity index is 395. The van der Waals surface area contributed by atoms with Gasteiger partial charge in [-0.05, 0) is 13.0 Å². The summed E-state index contributed by atoms with van der Waals surface area (Å²) in [6, 6.07) is 1.89. The molecule has 0 aliphatic carbocycles. The third-order valence-electron chi connectivity index (χ3n) is 2.17. The van der Waals surface area contributed by atoms with Crippen LogP contribution in [-0.2, 0) is 6.54 Å². The molecule has 2 rings (SSSR count). The summed E-state index contributed by atoms with van der Waals surface area (Å²) in [5, 5.41) is 9.32. The molecule has 1 fully saturated rings. The largest absolute Gasteiger partial charge is 0.472 e. The Morgan fingerprint density at radius 1 is 1.38 bits per heavy atom. The smallest absolute Gasteiger partial charge is 0.200 e. The second-order valence-electron chi connectivity index (χ2n) is 3.50. The average molecular weight is 221 g/mol. The number of hydrogen-bond donors (Lipinski definition) is 3. The van der Waals surface area contributed by atoms with Gasteiger partial charge in [-0.3, -0.25) is 10.3 Å². The highest BCUT2D eigenvalue weighted by Crippen LogP contribution is 2.01. The van der Waals surface area contributed by atoms with Crippen molar-refractivity contribution in [2.45, 2.75) is 19.6 Å². The Hall–Kier alpha value is -1.98. The normalized spacial score (nSPS) is 25.0. The molecule has 16 heavy (non-hydrogen) atoms. The monoisotopic (exact) mass is 221 g/mol. The molecule has 1 atom stereocenters. The lowest BCUT2D eigenvalue weighted by Gasteiger charge is -2.27. The molecule has 1 aliphatic heterocycles. The predicted octanol–water partition coefficient (Wildman–Crippen LogP) is 0.250. The molecule has 0 aromatic carbocycles. The first kappa shape index (κ1) is 10.5. The summed E-state index contributed by atoms with van der Waals surface area (Å²) >= 11 is 0. The lowest BCUT2D eigenvalue weighted by molar-refractivity contribution is 0.563. The molecule has 1 unspecified atom stereocenters. The Labute approximate surface area is 93.8 Å². The predicted molar refractivity (Wildman–Crippen MR) is 62.1 cm³/mol. The number of rotatable bonds is 2. The van der Waals surface area contributed by atoms with E-state index in [0.29, 0.717) is 12.5 Å². The number of furan rings is 1. The van der Waals surface area contributed by atoms with Crippen molar-refractivity contribution < 1.29 is 4.42 Å². The van der Waals surface area contributed by atoms with Gasteiger partial charge in [0.25, 0.3) is 0 Å². The van der Waals surface area contributed by atoms with E-state index in [1.165, 1.54) is 0 Å². The summed E-state index contributed by atoms with van der Waals surface area (Å²) in [5.74, 6) is 1.44. The standard InChI is InChI=1S/C10H15N5O/c1-7-13-9(11-2)15-10(14-7)12-5-8-3-4-16-6-8/h3-4,6-7H,5H2,1-2H3,(H3,11,12,13,14,15). The van der Waals surface area contributed by atoms with Crippen LogP contribution in [0.1, 0.15) is 12.5 Å². The highest BCUT2D eigenvalue weighted by Gasteiger charge is 2.14. The van der Waals surface area contributed by atoms with Gasteiger partial charge in [0.05, 0.1) is 25.2 Å². The fraction of sp³-hybridized carbons (Fsp3) is 0.400. The fourth-order valence-electron chi connectivity index (χ4n) is 1.39. The molecule has 86 valence electrons. The molecule has 6 heteroatoms. The van der Waals surface area contributed by atoms with E-state index in [1.807, 2.05) is 13.0 Å². The molecule has 1 aliphatic rings. The number of aliphatic imine (C=N–C) groups is 2. The summed E-state index contributed by atoms with van der Waals surface area (Å²) in [5.41, 5.74) is 1.04. The van der Waals surface area contributed by atoms with Crippen molar-refractivity contribution in [2.75, 3.05) is 7.05 Å². The summed E-state index contributed by atoms with van der Waals surface area (Å²) < 4.78 is 4.97. The van der Waals surface area contributed by atoms with Crippen molar-refractivity contribution in [1.82, 2.24) is 16.0 Å². The zero-order valence-electron chi connectivity index (χ0n) is 9.32. The SMILES string of the molecule is CN=C1NC(=NCc2ccoc2)NC(C)N1. The zero-order chi connectivity index (χ0) is 11.4. The minimum absolute atomic E-state index is 0.114. The molecule has 2 heterocycles. The number of nitrogens with zero attached hydrogens (tertiary/aromatic N) is 2. The highest BCUT2D eigenvalue weighted by molar-refractivity contribution is 6.00. The molecular formula is C10H15N5O. The summed E-state index contributed by atoms with van der Waals surface area (Å²) in [6.45, 7) is 2.58. The van der Waals surface area contributed by atoms with Gasteiger partial charge in [0.1, 0.15) is 0 Å². The third-order valence-corrected chi connectivity index (χ3v) is 2.17. The number of nitrogens with one attached hydrogen (secondary N) is 3. The molecule has 6 nitrogen and oxygen atoms in total. The summed E-state index contributed by atoms with van der Waals surface area (Å²) in [4.78, 5) is 8.44. The van der Waals surface area contributed by atoms with Gasteiger partial charge in [-0.1, -0.05) is 0 Å². The third kappa shape index (κ3) is 2.53. The van der Waals surface area contributed by atoms with Crippen molar-refractivity contribution in [2.24, 2.45) is 9.98 Å². The molecule has 0 radical (unpaired) electrons. The van der Waals surface area contributed by atoms with Crippen LogP contribution in [0.15, 0.2) is 33.0 Å². The van der Waals surface area contributed by atoms with Gasteiger partial charge in [-0.15, -0.1) is 0 Å². The van der Waals surface area contributed by atoms with E-state index < -0.39 is 0 Å². The van der Waals surface area contributed by atoms with E-state index in [-0.39, 0.29) is 6.17 Å². The van der Waals surface area contributed by atoms with E-state index in [1.54, 1.807) is 19.6 Å². The van der Waals surface area contributed by atoms with Crippen LogP contribution >= 0.6 is 0 Å². The van der Waals surface area contributed by atoms with Crippen molar-refractivity contribution in [1.29, 1.82) is 0 Å². The van der Waals surface area contributed by atoms with Crippen LogP contribution in [0.25, 0.3) is 0 Å². The second kappa shape index (κ2) is 4.69. The van der Waals surface area contributed by atoms with Crippen molar-refractivity contribution in [3.63, 3.8) is 0 Å². The Kier molecular flexibility index (Phi) is 3.09. The maximum atomic E-state index is 4.97. The van der Waals surface area contributed by atoms with Crippen LogP contribution in [-0.4, -0.2) is 25.1 Å². The van der Waals surface area contributed by atoms with Gasteiger partial charge >= 0.3 is 0 Å². The Morgan fingerprint density at radius 2 is 2.19 bits per heavy atom. The highest BCUT2D eigenvalue weighted by atomic mass is 16.3. The minimum atomic E-state index is 0.114. The van der Waals surface area contributed by atoms with E-state index in [9.17, 15) is 0 Å². The van der Waals surface area contributed by atoms with Crippen LogP contribution in [0.5, 0.6) is 0 Å². The lowest BCUT2D eigenvalue weighted by atomic mass is 10.3. The van der Waals surface area contributed by atoms with Crippen LogP contribution in [0.4, 0.5) is 0 Å². The molecule has 1 aromatic rings. The van der Waals surface area contributed by atoms with Crippen LogP contribution in [0.2, 0.25) is 0 Å². The van der Waals surface area contributed by atoms with Gasteiger partial charge in [-0.2, -0.15) is 0 Å². The number of hydrogen-bond acceptors (Lipinski definition) is 3. The quantitative estimate of drug-likeness (QED) is 0.669. The van der Waals surface area contributed by atoms with Crippen LogP contribution < -0.4 is 16.0 Å². The maximum Gasteiger partial charge on any atom is 0.200 e. The van der Waals surface area contributed by atoms with Gasteiger partial charge in [0.15, 0.2) is 11.9 Å². The van der Waals surface area contributed by atoms with Gasteiger partial charge in [-0.25, -0.2) is 4.99 Å². The fourth-order valence-corrected chi connectivity index (χ4v) is 1.39. The molecule has 3 N–H and O–H groups in total. The van der Waals surface area contributed by atoms with E-state index in [4.69, 9.17) is 4.42 Å². The molecule has 1 saturated heterocycles. The average Bonchev–Trinajstić information content (AvgIpc) is 2.78. The zero-order valence-corrected chi connectivity index (χ0v) is 9.32. The summed E-state index contributed by atoms with van der Waals surface area (Å²) in [6.07, 6.45) is 3.44. The number of guanidine groups is 2. The maximum absolute atomic E-state index is 4.97. The van der Waals surface area contributed by atoms with Crippen molar-refractivity contribution in [3.05, 3.63) is 24.2 Å². The molecular weight excluding hydrogens is 206 g/mol. The van der Waals surface area contributed by atoms with E-state index in [0.717, 1.165) is 11.5 Å². The van der Waals surface area contributed by atoms with Crippen LogP contribution in [0.3, 0.4) is 0 Å². The molecule has 1 aromatic heterocycles. The molecule has 0 spiro atoms. The van der Waals surface area contributed by atoms with Gasteiger partial charge in [0.2, 0.25) is 0 Å². The Morgan fingerprint density at radius 3 is 2.88 bits per heavy atom. The molecule has 0 saturated carbocycles. The van der Waals surface area contributed by atoms with Crippen LogP contribution in [0, 0.1) is 0 Å². The van der Waals surface area contributed by atoms with E-state index in [2.05, 4.69) is 25.9 Å². The summed E-state index contributed by atoms with van der Waals surface area (Å²) in [7, 11) is 1.72. The second-order valence-corrected chi connectivity index (χ2v) is 3.50. The van der Waals surface area contributed by atoms with Gasteiger partial charge in [0, 0.05) is 12.6 Å². The molecule has 0 amide bonds. The first-order valence-corrected chi connectivity index (χ1v) is 5.10. The van der Waals surface area contributed by atoms with Crippen molar-refractivity contribution >= 4 is 11.9 Å². The topological polar surface area (TPSA) is 74.0 Å². The Balaban J connectivity index is 2.00. The molecule has 0 bridgehead atoms. The first-order valence-electron chi connectivity index (χ1n) is 5.10.